The molecule has 5 nitrogen and oxygen atoms in total. The quantitative estimate of drug-likeness (QED) is 0.800. The Balaban J connectivity index is 1.89. The van der Waals surface area contributed by atoms with Crippen molar-refractivity contribution >= 4 is 0 Å². The van der Waals surface area contributed by atoms with Gasteiger partial charge in [0.25, 0.3) is 0 Å². The fourth-order valence-corrected chi connectivity index (χ4v) is 2.17. The second kappa shape index (κ2) is 4.93. The van der Waals surface area contributed by atoms with Crippen molar-refractivity contribution in [3.05, 3.63) is 11.6 Å². The first-order chi connectivity index (χ1) is 7.70. The molecule has 0 aliphatic carbocycles. The van der Waals surface area contributed by atoms with Crippen LogP contribution in [0.5, 0.6) is 0 Å². The van der Waals surface area contributed by atoms with E-state index in [9.17, 15) is 0 Å². The number of aryl methyl sites for hydroxylation is 1. The molecule has 0 amide bonds. The van der Waals surface area contributed by atoms with Crippen molar-refractivity contribution in [2.45, 2.75) is 26.3 Å². The first kappa shape index (κ1) is 11.5. The number of hydrogen-bond donors (Lipinski definition) is 1. The molecule has 0 unspecified atom stereocenters. The number of rotatable bonds is 3. The van der Waals surface area contributed by atoms with Crippen molar-refractivity contribution in [3.63, 3.8) is 0 Å². The SMILES string of the molecule is Cc1nnc(CN2CCC(CN)CC2)n1C. The van der Waals surface area contributed by atoms with Gasteiger partial charge in [-0.15, -0.1) is 10.2 Å². The molecule has 2 heterocycles. The molecule has 2 N–H and O–H groups in total. The maximum Gasteiger partial charge on any atom is 0.146 e. The van der Waals surface area contributed by atoms with Crippen LogP contribution in [0, 0.1) is 12.8 Å². The lowest BCUT2D eigenvalue weighted by Crippen LogP contribution is -2.36. The monoisotopic (exact) mass is 223 g/mol. The smallest absolute Gasteiger partial charge is 0.146 e. The van der Waals surface area contributed by atoms with E-state index in [-0.39, 0.29) is 0 Å². The van der Waals surface area contributed by atoms with E-state index in [4.69, 9.17) is 5.73 Å². The van der Waals surface area contributed by atoms with E-state index < -0.39 is 0 Å². The van der Waals surface area contributed by atoms with Gasteiger partial charge in [-0.3, -0.25) is 4.90 Å². The lowest BCUT2D eigenvalue weighted by molar-refractivity contribution is 0.175. The third-order valence-corrected chi connectivity index (χ3v) is 3.59. The van der Waals surface area contributed by atoms with Gasteiger partial charge in [0.15, 0.2) is 0 Å². The van der Waals surface area contributed by atoms with Crippen LogP contribution in [0.3, 0.4) is 0 Å². The Morgan fingerprint density at radius 1 is 1.31 bits per heavy atom. The van der Waals surface area contributed by atoms with Crippen LogP contribution in [0.1, 0.15) is 24.5 Å². The molecule has 1 saturated heterocycles. The minimum absolute atomic E-state index is 0.720. The molecule has 5 heteroatoms. The zero-order valence-electron chi connectivity index (χ0n) is 10.2. The van der Waals surface area contributed by atoms with E-state index in [1.165, 1.54) is 12.8 Å². The number of nitrogens with two attached hydrogens (primary N) is 1. The van der Waals surface area contributed by atoms with Gasteiger partial charge in [-0.2, -0.15) is 0 Å². The predicted octanol–water partition coefficient (Wildman–Crippen LogP) is 0.294. The van der Waals surface area contributed by atoms with Crippen LogP contribution in [0.25, 0.3) is 0 Å². The van der Waals surface area contributed by atoms with Crippen LogP contribution in [-0.4, -0.2) is 39.3 Å². The van der Waals surface area contributed by atoms with Crippen LogP contribution < -0.4 is 5.73 Å². The van der Waals surface area contributed by atoms with Crippen molar-refractivity contribution in [1.29, 1.82) is 0 Å². The molecule has 16 heavy (non-hydrogen) atoms. The summed E-state index contributed by atoms with van der Waals surface area (Å²) in [6.45, 7) is 5.99. The van der Waals surface area contributed by atoms with E-state index in [2.05, 4.69) is 19.7 Å². The predicted molar refractivity (Wildman–Crippen MR) is 62.8 cm³/mol. The summed E-state index contributed by atoms with van der Waals surface area (Å²) in [5.74, 6) is 2.76. The summed E-state index contributed by atoms with van der Waals surface area (Å²) < 4.78 is 2.06. The molecule has 0 radical (unpaired) electrons. The summed E-state index contributed by atoms with van der Waals surface area (Å²) >= 11 is 0. The average Bonchev–Trinajstić information content (AvgIpc) is 2.62. The van der Waals surface area contributed by atoms with Gasteiger partial charge in [0.1, 0.15) is 11.6 Å². The Morgan fingerprint density at radius 3 is 2.50 bits per heavy atom. The van der Waals surface area contributed by atoms with Crippen LogP contribution in [0.4, 0.5) is 0 Å². The molecule has 1 aromatic rings. The minimum atomic E-state index is 0.720. The van der Waals surface area contributed by atoms with Crippen molar-refractivity contribution < 1.29 is 0 Å². The van der Waals surface area contributed by atoms with Crippen molar-refractivity contribution in [2.75, 3.05) is 19.6 Å². The first-order valence-electron chi connectivity index (χ1n) is 5.98. The van der Waals surface area contributed by atoms with Gasteiger partial charge in [-0.05, 0) is 45.3 Å². The van der Waals surface area contributed by atoms with Crippen molar-refractivity contribution in [3.8, 4) is 0 Å². The summed E-state index contributed by atoms with van der Waals surface area (Å²) in [5.41, 5.74) is 5.68. The van der Waals surface area contributed by atoms with E-state index in [0.717, 1.165) is 43.7 Å². The molecule has 0 aromatic carbocycles. The third kappa shape index (κ3) is 2.41. The van der Waals surface area contributed by atoms with Gasteiger partial charge in [0.2, 0.25) is 0 Å². The topological polar surface area (TPSA) is 60.0 Å². The largest absolute Gasteiger partial charge is 0.330 e. The highest BCUT2D eigenvalue weighted by Gasteiger charge is 2.19. The normalized spacial score (nSPS) is 19.2. The Hall–Kier alpha value is -0.940. The highest BCUT2D eigenvalue weighted by Crippen LogP contribution is 2.17. The van der Waals surface area contributed by atoms with Gasteiger partial charge >= 0.3 is 0 Å². The Morgan fingerprint density at radius 2 is 2.00 bits per heavy atom. The number of likely N-dealkylation sites (tertiary alicyclic amines) is 1. The second-order valence-corrected chi connectivity index (χ2v) is 4.68. The van der Waals surface area contributed by atoms with Gasteiger partial charge in [-0.1, -0.05) is 0 Å². The Kier molecular flexibility index (Phi) is 3.56. The zero-order valence-corrected chi connectivity index (χ0v) is 10.2. The van der Waals surface area contributed by atoms with Crippen molar-refractivity contribution in [2.24, 2.45) is 18.7 Å². The molecule has 1 aliphatic heterocycles. The zero-order chi connectivity index (χ0) is 11.5. The summed E-state index contributed by atoms with van der Waals surface area (Å²) in [4.78, 5) is 2.44. The average molecular weight is 223 g/mol. The maximum atomic E-state index is 5.68. The van der Waals surface area contributed by atoms with E-state index in [1.807, 2.05) is 14.0 Å². The molecule has 1 aliphatic rings. The van der Waals surface area contributed by atoms with Gasteiger partial charge in [0.05, 0.1) is 6.54 Å². The molecule has 90 valence electrons. The van der Waals surface area contributed by atoms with Crippen LogP contribution in [0.15, 0.2) is 0 Å². The second-order valence-electron chi connectivity index (χ2n) is 4.68. The number of nitrogens with zero attached hydrogens (tertiary/aromatic N) is 4. The summed E-state index contributed by atoms with van der Waals surface area (Å²) in [5, 5.41) is 8.27. The Labute approximate surface area is 96.6 Å². The van der Waals surface area contributed by atoms with Crippen LogP contribution in [-0.2, 0) is 13.6 Å². The number of aromatic nitrogens is 3. The molecular formula is C11H21N5. The van der Waals surface area contributed by atoms with Crippen LogP contribution >= 0.6 is 0 Å². The molecule has 1 fully saturated rings. The van der Waals surface area contributed by atoms with Gasteiger partial charge in [0, 0.05) is 7.05 Å². The highest BCUT2D eigenvalue weighted by molar-refractivity contribution is 4.93. The van der Waals surface area contributed by atoms with E-state index in [0.29, 0.717) is 0 Å². The minimum Gasteiger partial charge on any atom is -0.330 e. The van der Waals surface area contributed by atoms with Crippen molar-refractivity contribution in [1.82, 2.24) is 19.7 Å². The molecule has 0 saturated carbocycles. The first-order valence-corrected chi connectivity index (χ1v) is 5.98. The highest BCUT2D eigenvalue weighted by atomic mass is 15.3. The van der Waals surface area contributed by atoms with E-state index >= 15 is 0 Å². The standard InChI is InChI=1S/C11H21N5/c1-9-13-14-11(15(9)2)8-16-5-3-10(7-12)4-6-16/h10H,3-8,12H2,1-2H3. The lowest BCUT2D eigenvalue weighted by atomic mass is 9.97. The lowest BCUT2D eigenvalue weighted by Gasteiger charge is -2.30. The molecule has 1 aromatic heterocycles. The third-order valence-electron chi connectivity index (χ3n) is 3.59. The van der Waals surface area contributed by atoms with Gasteiger partial charge in [-0.25, -0.2) is 0 Å². The summed E-state index contributed by atoms with van der Waals surface area (Å²) in [7, 11) is 2.03. The molecule has 0 spiro atoms. The fraction of sp³-hybridized carbons (Fsp3) is 0.818. The number of hydrogen-bond acceptors (Lipinski definition) is 4. The Bertz CT molecular complexity index is 338. The number of piperidine rings is 1. The molecule has 0 bridgehead atoms. The molecular weight excluding hydrogens is 202 g/mol. The van der Waals surface area contributed by atoms with Crippen LogP contribution in [0.2, 0.25) is 0 Å². The molecule has 0 atom stereocenters. The fourth-order valence-electron chi connectivity index (χ4n) is 2.17. The maximum absolute atomic E-state index is 5.68. The molecule has 2 rings (SSSR count). The summed E-state index contributed by atoms with van der Waals surface area (Å²) in [6.07, 6.45) is 2.43. The van der Waals surface area contributed by atoms with Gasteiger partial charge < -0.3 is 10.3 Å². The summed E-state index contributed by atoms with van der Waals surface area (Å²) in [6, 6.07) is 0. The van der Waals surface area contributed by atoms with E-state index in [1.54, 1.807) is 0 Å².